The molecule has 0 spiro atoms. The van der Waals surface area contributed by atoms with Gasteiger partial charge in [-0.2, -0.15) is 0 Å². The number of H-pyrrole nitrogens is 1. The van der Waals surface area contributed by atoms with Crippen LogP contribution in [-0.4, -0.2) is 46.7 Å². The Morgan fingerprint density at radius 1 is 1.06 bits per heavy atom. The molecule has 0 saturated carbocycles. The third-order valence-corrected chi connectivity index (χ3v) is 5.79. The van der Waals surface area contributed by atoms with E-state index in [4.69, 9.17) is 0 Å². The molecule has 2 atom stereocenters. The molecule has 7 nitrogen and oxygen atoms in total. The lowest BCUT2D eigenvalue weighted by atomic mass is 9.98. The molecule has 0 saturated heterocycles. The fourth-order valence-electron chi connectivity index (χ4n) is 4.06. The van der Waals surface area contributed by atoms with Crippen molar-refractivity contribution in [2.45, 2.75) is 67.0 Å². The van der Waals surface area contributed by atoms with Crippen LogP contribution in [-0.2, 0) is 14.4 Å². The average molecular weight is 481 g/mol. The maximum Gasteiger partial charge on any atom is 0.246 e. The normalized spacial score (nSPS) is 13.2. The summed E-state index contributed by atoms with van der Waals surface area (Å²) in [5.41, 5.74) is 4.13. The predicted molar refractivity (Wildman–Crippen MR) is 143 cm³/mol. The van der Waals surface area contributed by atoms with E-state index in [0.29, 0.717) is 6.42 Å². The molecular formula is C28H40N4O3. The second kappa shape index (κ2) is 12.4. The molecule has 3 amide bonds. The predicted octanol–water partition coefficient (Wildman–Crippen LogP) is 4.71. The Morgan fingerprint density at radius 3 is 2.29 bits per heavy atom. The maximum atomic E-state index is 13.2. The monoisotopic (exact) mass is 480 g/mol. The molecule has 0 radical (unpaired) electrons. The van der Waals surface area contributed by atoms with Crippen molar-refractivity contribution in [3.8, 4) is 0 Å². The van der Waals surface area contributed by atoms with Gasteiger partial charge in [0.25, 0.3) is 0 Å². The number of carbonyl (C=O) groups excluding carboxylic acids is 3. The Hall–Kier alpha value is -3.35. The Morgan fingerprint density at radius 2 is 1.71 bits per heavy atom. The van der Waals surface area contributed by atoms with Gasteiger partial charge in [-0.05, 0) is 50.3 Å². The second-order valence-corrected chi connectivity index (χ2v) is 10.1. The van der Waals surface area contributed by atoms with Gasteiger partial charge in [-0.3, -0.25) is 14.4 Å². The smallest absolute Gasteiger partial charge is 0.246 e. The molecule has 2 aromatic rings. The lowest BCUT2D eigenvalue weighted by Gasteiger charge is -2.32. The highest BCUT2D eigenvalue weighted by Crippen LogP contribution is 2.25. The number of allylic oxidation sites excluding steroid dienone is 1. The van der Waals surface area contributed by atoms with E-state index in [1.54, 1.807) is 13.2 Å². The minimum absolute atomic E-state index is 0.105. The maximum absolute atomic E-state index is 13.2. The van der Waals surface area contributed by atoms with Crippen molar-refractivity contribution in [1.82, 2.24) is 20.5 Å². The number of nitrogens with zero attached hydrogens (tertiary/aromatic N) is 1. The summed E-state index contributed by atoms with van der Waals surface area (Å²) in [6.45, 7) is 13.2. The van der Waals surface area contributed by atoms with Gasteiger partial charge in [-0.25, -0.2) is 0 Å². The summed E-state index contributed by atoms with van der Waals surface area (Å²) in [4.78, 5) is 43.0. The fraction of sp³-hybridized carbons (Fsp3) is 0.464. The second-order valence-electron chi connectivity index (χ2n) is 10.1. The van der Waals surface area contributed by atoms with Crippen LogP contribution in [0.3, 0.4) is 0 Å². The lowest BCUT2D eigenvalue weighted by molar-refractivity contribution is -0.142. The van der Waals surface area contributed by atoms with Gasteiger partial charge in [0.1, 0.15) is 12.1 Å². The van der Waals surface area contributed by atoms with Crippen LogP contribution in [0.5, 0.6) is 0 Å². The van der Waals surface area contributed by atoms with Crippen LogP contribution in [0.4, 0.5) is 0 Å². The highest BCUT2D eigenvalue weighted by molar-refractivity contribution is 5.95. The van der Waals surface area contributed by atoms with Crippen molar-refractivity contribution in [3.05, 3.63) is 47.3 Å². The van der Waals surface area contributed by atoms with Gasteiger partial charge in [0.15, 0.2) is 0 Å². The minimum atomic E-state index is -0.687. The molecule has 0 aliphatic rings. The number of rotatable bonds is 10. The summed E-state index contributed by atoms with van der Waals surface area (Å²) in [6, 6.07) is 6.67. The molecule has 0 aliphatic heterocycles. The zero-order valence-electron chi connectivity index (χ0n) is 22.2. The fourth-order valence-corrected chi connectivity index (χ4v) is 4.06. The Labute approximate surface area is 209 Å². The first kappa shape index (κ1) is 27.9. The van der Waals surface area contributed by atoms with E-state index < -0.39 is 12.1 Å². The molecule has 190 valence electrons. The molecule has 3 N–H and O–H groups in total. The zero-order chi connectivity index (χ0) is 26.3. The van der Waals surface area contributed by atoms with E-state index in [1.807, 2.05) is 71.9 Å². The third kappa shape index (κ3) is 7.57. The lowest BCUT2D eigenvalue weighted by Crippen LogP contribution is -2.55. The molecule has 7 heteroatoms. The number of carbonyl (C=O) groups is 3. The van der Waals surface area contributed by atoms with Crippen molar-refractivity contribution < 1.29 is 14.4 Å². The number of amides is 3. The van der Waals surface area contributed by atoms with Gasteiger partial charge >= 0.3 is 0 Å². The molecule has 2 rings (SSSR count). The summed E-state index contributed by atoms with van der Waals surface area (Å²) < 4.78 is 0. The van der Waals surface area contributed by atoms with Gasteiger partial charge in [-0.1, -0.05) is 51.5 Å². The van der Waals surface area contributed by atoms with Crippen molar-refractivity contribution in [3.63, 3.8) is 0 Å². The van der Waals surface area contributed by atoms with Gasteiger partial charge in [0, 0.05) is 42.3 Å². The number of fused-ring (bicyclic) bond motifs is 1. The van der Waals surface area contributed by atoms with Crippen LogP contribution in [0.2, 0.25) is 0 Å². The first-order valence-corrected chi connectivity index (χ1v) is 12.2. The topological polar surface area (TPSA) is 94.3 Å². The number of nitrogens with one attached hydrogen (secondary N) is 3. The first-order valence-electron chi connectivity index (χ1n) is 12.2. The van der Waals surface area contributed by atoms with Crippen LogP contribution in [0.15, 0.2) is 36.0 Å². The summed E-state index contributed by atoms with van der Waals surface area (Å²) in [5, 5.41) is 6.67. The highest BCUT2D eigenvalue weighted by Gasteiger charge is 2.33. The zero-order valence-corrected chi connectivity index (χ0v) is 22.2. The van der Waals surface area contributed by atoms with E-state index in [0.717, 1.165) is 27.7 Å². The van der Waals surface area contributed by atoms with E-state index in [-0.39, 0.29) is 29.6 Å². The Balaban J connectivity index is 2.28. The summed E-state index contributed by atoms with van der Waals surface area (Å²) in [5.74, 6) is -0.723. The number of hydrogen-bond donors (Lipinski definition) is 3. The quantitative estimate of drug-likeness (QED) is 0.460. The minimum Gasteiger partial charge on any atom is -0.355 e. The van der Waals surface area contributed by atoms with Gasteiger partial charge in [-0.15, -0.1) is 0 Å². The molecule has 0 fully saturated rings. The molecule has 0 bridgehead atoms. The van der Waals surface area contributed by atoms with E-state index >= 15 is 0 Å². The van der Waals surface area contributed by atoms with Crippen molar-refractivity contribution in [1.29, 1.82) is 0 Å². The largest absolute Gasteiger partial charge is 0.355 e. The number of para-hydroxylation sites is 1. The molecule has 0 aliphatic carbocycles. The highest BCUT2D eigenvalue weighted by atomic mass is 16.2. The molecule has 35 heavy (non-hydrogen) atoms. The molecule has 1 heterocycles. The molecule has 2 unspecified atom stereocenters. The summed E-state index contributed by atoms with van der Waals surface area (Å²) >= 11 is 0. The SMILES string of the molecule is CC(=O)NC(C(=O)N(C)C(CC(C)C)C(=O)N/C=C\c1c(C=C(C)C)[nH]c2ccccc12)C(C)C. The van der Waals surface area contributed by atoms with Crippen molar-refractivity contribution >= 4 is 40.8 Å². The number of benzene rings is 1. The van der Waals surface area contributed by atoms with Crippen LogP contribution in [0, 0.1) is 11.8 Å². The number of aromatic nitrogens is 1. The van der Waals surface area contributed by atoms with Crippen molar-refractivity contribution in [2.75, 3.05) is 7.05 Å². The van der Waals surface area contributed by atoms with E-state index in [1.165, 1.54) is 11.8 Å². The number of likely N-dealkylation sites (N-methyl/N-ethyl adjacent to an activating group) is 1. The van der Waals surface area contributed by atoms with E-state index in [2.05, 4.69) is 21.7 Å². The number of aromatic amines is 1. The first-order chi connectivity index (χ1) is 16.4. The third-order valence-electron chi connectivity index (χ3n) is 5.79. The van der Waals surface area contributed by atoms with Crippen LogP contribution in [0.25, 0.3) is 23.1 Å². The van der Waals surface area contributed by atoms with Crippen LogP contribution < -0.4 is 10.6 Å². The molecular weight excluding hydrogens is 440 g/mol. The number of hydrogen-bond acceptors (Lipinski definition) is 3. The Bertz CT molecular complexity index is 1110. The molecule has 1 aromatic heterocycles. The van der Waals surface area contributed by atoms with Gasteiger partial charge in [0.2, 0.25) is 17.7 Å². The van der Waals surface area contributed by atoms with Gasteiger partial charge < -0.3 is 20.5 Å². The van der Waals surface area contributed by atoms with E-state index in [9.17, 15) is 14.4 Å². The average Bonchev–Trinajstić information content (AvgIpc) is 3.10. The molecule has 1 aromatic carbocycles. The summed E-state index contributed by atoms with van der Waals surface area (Å²) in [6.07, 6.45) is 6.10. The Kier molecular flexibility index (Phi) is 9.87. The van der Waals surface area contributed by atoms with Crippen molar-refractivity contribution in [2.24, 2.45) is 11.8 Å². The van der Waals surface area contributed by atoms with Gasteiger partial charge in [0.05, 0.1) is 0 Å². The van der Waals surface area contributed by atoms with Crippen LogP contribution >= 0.6 is 0 Å². The standard InChI is InChI=1S/C28H40N4O3/c1-17(2)15-24-22(21-11-9-10-12-23(21)31-24)13-14-29-27(34)25(16-18(3)4)32(8)28(35)26(19(5)6)30-20(7)33/h9-15,18-19,25-26,31H,16H2,1-8H3,(H,29,34)(H,30,33)/b14-13-. The van der Waals surface area contributed by atoms with Crippen LogP contribution in [0.1, 0.15) is 66.1 Å². The summed E-state index contributed by atoms with van der Waals surface area (Å²) in [7, 11) is 1.63.